The Kier molecular flexibility index (Phi) is 6.28. The van der Waals surface area contributed by atoms with Gasteiger partial charge in [0.05, 0.1) is 33.4 Å². The SMILES string of the molecule is COC(=O)NC1C(CC(C)C)NNC1c1ccc(OC)c(OC)c1. The summed E-state index contributed by atoms with van der Waals surface area (Å²) in [5, 5.41) is 2.94. The second-order valence-electron chi connectivity index (χ2n) is 6.28. The van der Waals surface area contributed by atoms with E-state index in [1.165, 1.54) is 7.11 Å². The lowest BCUT2D eigenvalue weighted by molar-refractivity contribution is 0.163. The average molecular weight is 337 g/mol. The van der Waals surface area contributed by atoms with Crippen molar-refractivity contribution >= 4 is 6.09 Å². The van der Waals surface area contributed by atoms with Crippen molar-refractivity contribution in [2.75, 3.05) is 21.3 Å². The molecule has 3 N–H and O–H groups in total. The molecule has 0 spiro atoms. The van der Waals surface area contributed by atoms with E-state index in [2.05, 4.69) is 30.0 Å². The van der Waals surface area contributed by atoms with Crippen LogP contribution >= 0.6 is 0 Å². The van der Waals surface area contributed by atoms with Gasteiger partial charge in [-0.05, 0) is 30.0 Å². The van der Waals surface area contributed by atoms with Crippen LogP contribution in [0.2, 0.25) is 0 Å². The summed E-state index contributed by atoms with van der Waals surface area (Å²) in [4.78, 5) is 11.8. The zero-order chi connectivity index (χ0) is 17.7. The van der Waals surface area contributed by atoms with Crippen molar-refractivity contribution in [3.63, 3.8) is 0 Å². The Morgan fingerprint density at radius 2 is 1.88 bits per heavy atom. The zero-order valence-corrected chi connectivity index (χ0v) is 14.9. The van der Waals surface area contributed by atoms with Gasteiger partial charge in [-0.15, -0.1) is 0 Å². The number of ether oxygens (including phenoxy) is 3. The Labute approximate surface area is 143 Å². The maximum Gasteiger partial charge on any atom is 0.407 e. The van der Waals surface area contributed by atoms with Gasteiger partial charge < -0.3 is 19.5 Å². The van der Waals surface area contributed by atoms with E-state index in [1.807, 2.05) is 18.2 Å². The van der Waals surface area contributed by atoms with Crippen LogP contribution in [-0.2, 0) is 4.74 Å². The Morgan fingerprint density at radius 1 is 1.17 bits per heavy atom. The number of benzene rings is 1. The summed E-state index contributed by atoms with van der Waals surface area (Å²) in [5.41, 5.74) is 7.56. The van der Waals surface area contributed by atoms with E-state index in [1.54, 1.807) is 14.2 Å². The molecule has 1 aliphatic rings. The molecule has 24 heavy (non-hydrogen) atoms. The number of methoxy groups -OCH3 is 3. The molecule has 3 atom stereocenters. The predicted octanol–water partition coefficient (Wildman–Crippen LogP) is 1.99. The standard InChI is InChI=1S/C17H27N3O4/c1-10(2)8-12-16(18-17(21)24-5)15(20-19-12)11-6-7-13(22-3)14(9-11)23-4/h6-7,9-10,12,15-16,19-20H,8H2,1-5H3,(H,18,21). The molecule has 134 valence electrons. The summed E-state index contributed by atoms with van der Waals surface area (Å²) in [5.74, 6) is 1.82. The third-order valence-corrected chi connectivity index (χ3v) is 4.18. The maximum absolute atomic E-state index is 11.8. The molecule has 1 aromatic carbocycles. The molecule has 0 aromatic heterocycles. The molecule has 1 amide bonds. The average Bonchev–Trinajstić information content (AvgIpc) is 2.95. The number of nitrogens with one attached hydrogen (secondary N) is 3. The fourth-order valence-electron chi connectivity index (χ4n) is 3.04. The van der Waals surface area contributed by atoms with E-state index in [9.17, 15) is 4.79 Å². The maximum atomic E-state index is 11.8. The molecule has 0 saturated carbocycles. The van der Waals surface area contributed by atoms with Gasteiger partial charge in [0.25, 0.3) is 0 Å². The van der Waals surface area contributed by atoms with Gasteiger partial charge in [0.15, 0.2) is 11.5 Å². The monoisotopic (exact) mass is 337 g/mol. The third-order valence-electron chi connectivity index (χ3n) is 4.18. The lowest BCUT2D eigenvalue weighted by atomic mass is 9.91. The molecule has 1 saturated heterocycles. The number of hydrazine groups is 1. The molecule has 0 bridgehead atoms. The van der Waals surface area contributed by atoms with Gasteiger partial charge in [-0.2, -0.15) is 0 Å². The molecule has 1 aromatic rings. The number of hydrogen-bond donors (Lipinski definition) is 3. The fourth-order valence-corrected chi connectivity index (χ4v) is 3.04. The van der Waals surface area contributed by atoms with Crippen LogP contribution in [0.5, 0.6) is 11.5 Å². The first kappa shape index (κ1) is 18.4. The van der Waals surface area contributed by atoms with Gasteiger partial charge in [0, 0.05) is 6.04 Å². The largest absolute Gasteiger partial charge is 0.493 e. The summed E-state index contributed by atoms with van der Waals surface area (Å²) in [7, 11) is 4.58. The third kappa shape index (κ3) is 4.10. The van der Waals surface area contributed by atoms with Crippen molar-refractivity contribution in [1.82, 2.24) is 16.2 Å². The van der Waals surface area contributed by atoms with Gasteiger partial charge >= 0.3 is 6.09 Å². The lowest BCUT2D eigenvalue weighted by Crippen LogP contribution is -2.46. The summed E-state index contributed by atoms with van der Waals surface area (Å²) in [6, 6.07) is 5.60. The minimum atomic E-state index is -0.440. The van der Waals surface area contributed by atoms with Crippen molar-refractivity contribution in [2.45, 2.75) is 38.4 Å². The van der Waals surface area contributed by atoms with E-state index in [4.69, 9.17) is 14.2 Å². The summed E-state index contributed by atoms with van der Waals surface area (Å²) >= 11 is 0. The molecule has 2 rings (SSSR count). The van der Waals surface area contributed by atoms with Crippen molar-refractivity contribution in [3.05, 3.63) is 23.8 Å². The first-order chi connectivity index (χ1) is 11.5. The molecular weight excluding hydrogens is 310 g/mol. The lowest BCUT2D eigenvalue weighted by Gasteiger charge is -2.25. The number of alkyl carbamates (subject to hydrolysis) is 1. The van der Waals surface area contributed by atoms with Crippen LogP contribution in [0, 0.1) is 5.92 Å². The van der Waals surface area contributed by atoms with Gasteiger partial charge in [0.2, 0.25) is 0 Å². The molecule has 1 fully saturated rings. The summed E-state index contributed by atoms with van der Waals surface area (Å²) in [6.07, 6.45) is 0.482. The van der Waals surface area contributed by atoms with Crippen LogP contribution in [0.1, 0.15) is 31.9 Å². The molecule has 7 heteroatoms. The molecule has 3 unspecified atom stereocenters. The van der Waals surface area contributed by atoms with Crippen molar-refractivity contribution in [1.29, 1.82) is 0 Å². The van der Waals surface area contributed by atoms with Crippen LogP contribution in [0.4, 0.5) is 4.79 Å². The van der Waals surface area contributed by atoms with Crippen LogP contribution in [0.3, 0.4) is 0 Å². The zero-order valence-electron chi connectivity index (χ0n) is 14.9. The van der Waals surface area contributed by atoms with E-state index in [0.29, 0.717) is 17.4 Å². The van der Waals surface area contributed by atoms with Crippen LogP contribution in [-0.4, -0.2) is 39.5 Å². The van der Waals surface area contributed by atoms with Crippen LogP contribution < -0.4 is 25.6 Å². The molecule has 1 aliphatic heterocycles. The second kappa shape index (κ2) is 8.21. The summed E-state index contributed by atoms with van der Waals surface area (Å²) in [6.45, 7) is 4.31. The smallest absolute Gasteiger partial charge is 0.407 e. The Bertz CT molecular complexity index is 565. The van der Waals surface area contributed by atoms with E-state index in [-0.39, 0.29) is 18.1 Å². The van der Waals surface area contributed by atoms with Crippen LogP contribution in [0.25, 0.3) is 0 Å². The first-order valence-corrected chi connectivity index (χ1v) is 8.07. The number of hydrogen-bond acceptors (Lipinski definition) is 6. The van der Waals surface area contributed by atoms with Crippen molar-refractivity contribution in [3.8, 4) is 11.5 Å². The van der Waals surface area contributed by atoms with Crippen molar-refractivity contribution < 1.29 is 19.0 Å². The Hall–Kier alpha value is -1.99. The highest BCUT2D eigenvalue weighted by Crippen LogP contribution is 2.33. The highest BCUT2D eigenvalue weighted by atomic mass is 16.5. The van der Waals surface area contributed by atoms with Crippen molar-refractivity contribution in [2.24, 2.45) is 5.92 Å². The molecule has 7 nitrogen and oxygen atoms in total. The topological polar surface area (TPSA) is 80.9 Å². The minimum absolute atomic E-state index is 0.0993. The highest BCUT2D eigenvalue weighted by Gasteiger charge is 2.38. The van der Waals surface area contributed by atoms with Gasteiger partial charge in [-0.3, -0.25) is 5.43 Å². The van der Waals surface area contributed by atoms with E-state index in [0.717, 1.165) is 12.0 Å². The fraction of sp³-hybridized carbons (Fsp3) is 0.588. The highest BCUT2D eigenvalue weighted by molar-refractivity contribution is 5.67. The van der Waals surface area contributed by atoms with E-state index < -0.39 is 6.09 Å². The number of carbonyl (C=O) groups is 1. The van der Waals surface area contributed by atoms with Gasteiger partial charge in [0.1, 0.15) is 0 Å². The minimum Gasteiger partial charge on any atom is -0.493 e. The second-order valence-corrected chi connectivity index (χ2v) is 6.28. The van der Waals surface area contributed by atoms with Gasteiger partial charge in [-0.1, -0.05) is 19.9 Å². The molecule has 1 heterocycles. The Morgan fingerprint density at radius 3 is 2.46 bits per heavy atom. The summed E-state index contributed by atoms with van der Waals surface area (Å²) < 4.78 is 15.4. The first-order valence-electron chi connectivity index (χ1n) is 8.07. The number of carbonyl (C=O) groups excluding carboxylic acids is 1. The molecular formula is C17H27N3O4. The number of rotatable bonds is 6. The van der Waals surface area contributed by atoms with Gasteiger partial charge in [-0.25, -0.2) is 10.2 Å². The quantitative estimate of drug-likeness (QED) is 0.737. The normalized spacial score (nSPS) is 23.2. The van der Waals surface area contributed by atoms with Crippen LogP contribution in [0.15, 0.2) is 18.2 Å². The van der Waals surface area contributed by atoms with E-state index >= 15 is 0 Å². The molecule has 0 aliphatic carbocycles. The predicted molar refractivity (Wildman–Crippen MR) is 91.1 cm³/mol. The molecule has 0 radical (unpaired) electrons. The number of amides is 1. The Balaban J connectivity index is 2.27.